The molecule has 122 valence electrons. The first-order chi connectivity index (χ1) is 11.2. The average molecular weight is 315 g/mol. The van der Waals surface area contributed by atoms with Gasteiger partial charge < -0.3 is 14.2 Å². The molecule has 0 bridgehead atoms. The van der Waals surface area contributed by atoms with Crippen LogP contribution in [-0.4, -0.2) is 63.4 Å². The second-order valence-corrected chi connectivity index (χ2v) is 6.56. The fourth-order valence-corrected chi connectivity index (χ4v) is 3.84. The van der Waals surface area contributed by atoms with E-state index in [0.717, 1.165) is 31.8 Å². The molecule has 0 aromatic carbocycles. The van der Waals surface area contributed by atoms with Crippen molar-refractivity contribution in [1.29, 1.82) is 0 Å². The Balaban J connectivity index is 1.49. The smallest absolute Gasteiger partial charge is 0.289 e. The summed E-state index contributed by atoms with van der Waals surface area (Å²) >= 11 is 0. The minimum absolute atomic E-state index is 0.0137. The number of piperidine rings is 1. The molecule has 4 rings (SSSR count). The summed E-state index contributed by atoms with van der Waals surface area (Å²) < 4.78 is 7.43. The van der Waals surface area contributed by atoms with E-state index in [9.17, 15) is 4.79 Å². The molecular formula is C16H21N5O2. The van der Waals surface area contributed by atoms with Gasteiger partial charge in [-0.05, 0) is 37.9 Å². The van der Waals surface area contributed by atoms with E-state index in [1.54, 1.807) is 23.1 Å². The fourth-order valence-electron chi connectivity index (χ4n) is 3.84. The zero-order valence-corrected chi connectivity index (χ0v) is 13.3. The monoisotopic (exact) mass is 315 g/mol. The van der Waals surface area contributed by atoms with Crippen LogP contribution in [-0.2, 0) is 6.54 Å². The van der Waals surface area contributed by atoms with Gasteiger partial charge in [-0.1, -0.05) is 5.21 Å². The summed E-state index contributed by atoms with van der Waals surface area (Å²) in [4.78, 5) is 17.2. The lowest BCUT2D eigenvalue weighted by atomic mass is 9.92. The molecule has 0 aliphatic carbocycles. The van der Waals surface area contributed by atoms with E-state index in [1.807, 2.05) is 11.0 Å². The molecule has 0 spiro atoms. The molecule has 2 aromatic rings. The van der Waals surface area contributed by atoms with Gasteiger partial charge in [-0.15, -0.1) is 5.10 Å². The van der Waals surface area contributed by atoms with Crippen LogP contribution in [0, 0.1) is 5.92 Å². The summed E-state index contributed by atoms with van der Waals surface area (Å²) in [6.07, 6.45) is 5.69. The van der Waals surface area contributed by atoms with Gasteiger partial charge in [0.1, 0.15) is 12.3 Å². The van der Waals surface area contributed by atoms with Gasteiger partial charge >= 0.3 is 0 Å². The largest absolute Gasteiger partial charge is 0.454 e. The van der Waals surface area contributed by atoms with Gasteiger partial charge in [0.25, 0.3) is 5.91 Å². The standard InChI is InChI=1S/C16H21N5O2/c1-19-9-12-3-2-7-21(14(12)11-19)16(22)15-5-4-13(23-15)10-20-8-6-17-18-20/h4-6,8,12,14H,2-3,7,9-11H2,1H3/t12-,14+/m0/s1. The Hall–Kier alpha value is -2.15. The van der Waals surface area contributed by atoms with Crippen molar-refractivity contribution in [3.05, 3.63) is 36.0 Å². The van der Waals surface area contributed by atoms with Crippen molar-refractivity contribution in [2.75, 3.05) is 26.7 Å². The highest BCUT2D eigenvalue weighted by atomic mass is 16.4. The van der Waals surface area contributed by atoms with Crippen LogP contribution in [0.3, 0.4) is 0 Å². The number of fused-ring (bicyclic) bond motifs is 1. The molecular weight excluding hydrogens is 294 g/mol. The normalized spacial score (nSPS) is 24.8. The Labute approximate surface area is 134 Å². The lowest BCUT2D eigenvalue weighted by Gasteiger charge is -2.36. The van der Waals surface area contributed by atoms with E-state index in [-0.39, 0.29) is 5.91 Å². The van der Waals surface area contributed by atoms with Crippen LogP contribution < -0.4 is 0 Å². The third-order valence-electron chi connectivity index (χ3n) is 4.89. The minimum atomic E-state index is 0.0137. The van der Waals surface area contributed by atoms with Crippen molar-refractivity contribution in [2.45, 2.75) is 25.4 Å². The molecule has 23 heavy (non-hydrogen) atoms. The van der Waals surface area contributed by atoms with Gasteiger partial charge in [0.2, 0.25) is 0 Å². The van der Waals surface area contributed by atoms with Gasteiger partial charge in [0.15, 0.2) is 5.76 Å². The van der Waals surface area contributed by atoms with Gasteiger partial charge in [0, 0.05) is 31.9 Å². The van der Waals surface area contributed by atoms with E-state index in [1.165, 1.54) is 6.42 Å². The van der Waals surface area contributed by atoms with Crippen LogP contribution in [0.15, 0.2) is 28.9 Å². The molecule has 0 saturated carbocycles. The van der Waals surface area contributed by atoms with Crippen molar-refractivity contribution < 1.29 is 9.21 Å². The van der Waals surface area contributed by atoms with E-state index >= 15 is 0 Å². The number of hydrogen-bond acceptors (Lipinski definition) is 5. The zero-order valence-electron chi connectivity index (χ0n) is 13.3. The number of likely N-dealkylation sites (tertiary alicyclic amines) is 2. The molecule has 2 aliphatic heterocycles. The number of likely N-dealkylation sites (N-methyl/N-ethyl adjacent to an activating group) is 1. The molecule has 1 amide bonds. The maximum absolute atomic E-state index is 12.8. The van der Waals surface area contributed by atoms with Gasteiger partial charge in [-0.3, -0.25) is 4.79 Å². The van der Waals surface area contributed by atoms with Crippen LogP contribution in [0.25, 0.3) is 0 Å². The Kier molecular flexibility index (Phi) is 3.65. The number of nitrogens with zero attached hydrogens (tertiary/aromatic N) is 5. The maximum atomic E-state index is 12.8. The van der Waals surface area contributed by atoms with Crippen molar-refractivity contribution in [1.82, 2.24) is 24.8 Å². The first kappa shape index (κ1) is 14.4. The first-order valence-electron chi connectivity index (χ1n) is 8.13. The molecule has 7 heteroatoms. The minimum Gasteiger partial charge on any atom is -0.454 e. The lowest BCUT2D eigenvalue weighted by molar-refractivity contribution is 0.0537. The number of amides is 1. The highest BCUT2D eigenvalue weighted by Crippen LogP contribution is 2.31. The molecule has 4 heterocycles. The second kappa shape index (κ2) is 5.81. The van der Waals surface area contributed by atoms with Gasteiger partial charge in [-0.25, -0.2) is 4.68 Å². The Bertz CT molecular complexity index is 680. The molecule has 2 atom stereocenters. The van der Waals surface area contributed by atoms with Crippen molar-refractivity contribution >= 4 is 5.91 Å². The third-order valence-corrected chi connectivity index (χ3v) is 4.89. The molecule has 7 nitrogen and oxygen atoms in total. The second-order valence-electron chi connectivity index (χ2n) is 6.56. The van der Waals surface area contributed by atoms with Crippen molar-refractivity contribution in [3.63, 3.8) is 0 Å². The van der Waals surface area contributed by atoms with Crippen LogP contribution in [0.2, 0.25) is 0 Å². The molecule has 0 unspecified atom stereocenters. The zero-order chi connectivity index (χ0) is 15.8. The number of furan rings is 1. The Morgan fingerprint density at radius 3 is 3.13 bits per heavy atom. The van der Waals surface area contributed by atoms with E-state index < -0.39 is 0 Å². The predicted octanol–water partition coefficient (Wildman–Crippen LogP) is 1.09. The van der Waals surface area contributed by atoms with Crippen LogP contribution >= 0.6 is 0 Å². The van der Waals surface area contributed by atoms with Gasteiger partial charge in [-0.2, -0.15) is 0 Å². The number of rotatable bonds is 3. The summed E-state index contributed by atoms with van der Waals surface area (Å²) in [6.45, 7) is 3.36. The van der Waals surface area contributed by atoms with E-state index in [2.05, 4.69) is 22.3 Å². The Morgan fingerprint density at radius 2 is 2.30 bits per heavy atom. The van der Waals surface area contributed by atoms with Crippen LogP contribution in [0.5, 0.6) is 0 Å². The van der Waals surface area contributed by atoms with E-state index in [0.29, 0.717) is 24.3 Å². The molecule has 0 radical (unpaired) electrons. The summed E-state index contributed by atoms with van der Waals surface area (Å²) in [5.74, 6) is 1.76. The highest BCUT2D eigenvalue weighted by molar-refractivity contribution is 5.92. The van der Waals surface area contributed by atoms with Crippen LogP contribution in [0.4, 0.5) is 0 Å². The predicted molar refractivity (Wildman–Crippen MR) is 82.9 cm³/mol. The molecule has 0 N–H and O–H groups in total. The lowest BCUT2D eigenvalue weighted by Crippen LogP contribution is -2.48. The highest BCUT2D eigenvalue weighted by Gasteiger charge is 2.40. The fraction of sp³-hybridized carbons (Fsp3) is 0.562. The molecule has 2 aliphatic rings. The summed E-state index contributed by atoms with van der Waals surface area (Å²) in [5, 5.41) is 7.68. The first-order valence-corrected chi connectivity index (χ1v) is 8.13. The SMILES string of the molecule is CN1C[C@@H]2CCCN(C(=O)c3ccc(Cn4ccnn4)o3)[C@@H]2C1. The van der Waals surface area contributed by atoms with E-state index in [4.69, 9.17) is 4.42 Å². The average Bonchev–Trinajstić information content (AvgIpc) is 3.26. The third kappa shape index (κ3) is 2.76. The van der Waals surface area contributed by atoms with Crippen LogP contribution in [0.1, 0.15) is 29.2 Å². The number of aromatic nitrogens is 3. The quantitative estimate of drug-likeness (QED) is 0.848. The number of carbonyl (C=O) groups is 1. The number of carbonyl (C=O) groups excluding carboxylic acids is 1. The number of hydrogen-bond donors (Lipinski definition) is 0. The maximum Gasteiger partial charge on any atom is 0.289 e. The molecule has 2 saturated heterocycles. The van der Waals surface area contributed by atoms with Gasteiger partial charge in [0.05, 0.1) is 6.20 Å². The van der Waals surface area contributed by atoms with Crippen molar-refractivity contribution in [2.24, 2.45) is 5.92 Å². The van der Waals surface area contributed by atoms with Crippen molar-refractivity contribution in [3.8, 4) is 0 Å². The summed E-state index contributed by atoms with van der Waals surface area (Å²) in [6, 6.07) is 3.94. The summed E-state index contributed by atoms with van der Waals surface area (Å²) in [5.41, 5.74) is 0. The molecule has 2 aromatic heterocycles. The summed E-state index contributed by atoms with van der Waals surface area (Å²) in [7, 11) is 2.13. The Morgan fingerprint density at radius 1 is 1.39 bits per heavy atom. The molecule has 2 fully saturated rings. The topological polar surface area (TPSA) is 67.4 Å².